The van der Waals surface area contributed by atoms with Gasteiger partial charge in [-0.3, -0.25) is 9.59 Å². The van der Waals surface area contributed by atoms with Crippen LogP contribution in [0.15, 0.2) is 29.1 Å². The number of fused-ring (bicyclic) bond motifs is 1. The summed E-state index contributed by atoms with van der Waals surface area (Å²) in [7, 11) is 0. The molecule has 5 nitrogen and oxygen atoms in total. The summed E-state index contributed by atoms with van der Waals surface area (Å²) in [6.45, 7) is 1.49. The summed E-state index contributed by atoms with van der Waals surface area (Å²) in [6.07, 6.45) is 0. The number of rotatable bonds is 2. The van der Waals surface area contributed by atoms with E-state index in [2.05, 4.69) is 10.2 Å². The van der Waals surface area contributed by atoms with E-state index in [1.807, 2.05) is 0 Å². The molecule has 0 saturated heterocycles. The van der Waals surface area contributed by atoms with Crippen LogP contribution in [0.1, 0.15) is 18.4 Å². The quantitative estimate of drug-likeness (QED) is 0.790. The molecule has 0 bridgehead atoms. The molecule has 1 heterocycles. The maximum Gasteiger partial charge on any atom is 0.310 e. The number of hydrogen-bond donors (Lipinski definition) is 2. The van der Waals surface area contributed by atoms with Crippen LogP contribution in [-0.2, 0) is 4.79 Å². The highest BCUT2D eigenvalue weighted by atomic mass is 16.4. The molecule has 0 saturated carbocycles. The number of carbonyl (C=O) groups is 1. The highest BCUT2D eigenvalue weighted by Crippen LogP contribution is 2.20. The van der Waals surface area contributed by atoms with Gasteiger partial charge in [-0.2, -0.15) is 5.10 Å². The van der Waals surface area contributed by atoms with E-state index in [1.165, 1.54) is 6.92 Å². The number of H-pyrrole nitrogens is 1. The lowest BCUT2D eigenvalue weighted by atomic mass is 9.99. The van der Waals surface area contributed by atoms with Gasteiger partial charge in [0.2, 0.25) is 0 Å². The molecule has 2 rings (SSSR count). The molecule has 1 unspecified atom stereocenters. The van der Waals surface area contributed by atoms with Gasteiger partial charge in [0.1, 0.15) is 0 Å². The van der Waals surface area contributed by atoms with Crippen molar-refractivity contribution < 1.29 is 9.90 Å². The van der Waals surface area contributed by atoms with Crippen LogP contribution in [0.3, 0.4) is 0 Å². The Morgan fingerprint density at radius 2 is 2.12 bits per heavy atom. The Bertz CT molecular complexity index is 603. The molecule has 1 aromatic carbocycles. The summed E-state index contributed by atoms with van der Waals surface area (Å²) in [6, 6.07) is 6.96. The van der Waals surface area contributed by atoms with Gasteiger partial charge in [0.15, 0.2) is 0 Å². The normalized spacial score (nSPS) is 12.6. The molecule has 2 N–H and O–H groups in total. The molecule has 0 fully saturated rings. The second-order valence-corrected chi connectivity index (χ2v) is 3.54. The monoisotopic (exact) mass is 218 g/mol. The van der Waals surface area contributed by atoms with E-state index in [0.29, 0.717) is 10.9 Å². The zero-order valence-electron chi connectivity index (χ0n) is 8.60. The predicted molar refractivity (Wildman–Crippen MR) is 58.4 cm³/mol. The van der Waals surface area contributed by atoms with Gasteiger partial charge < -0.3 is 5.11 Å². The third kappa shape index (κ3) is 1.56. The van der Waals surface area contributed by atoms with Gasteiger partial charge in [-0.1, -0.05) is 18.2 Å². The standard InChI is InChI=1S/C11H10N2O3/c1-6(11(15)16)9-7-4-2-3-5-8(7)12-13-10(9)14/h2-6H,1H3,(H,13,14)(H,15,16). The molecule has 0 radical (unpaired) electrons. The predicted octanol–water partition coefficient (Wildman–Crippen LogP) is 1.11. The number of hydrogen-bond acceptors (Lipinski definition) is 3. The molecule has 16 heavy (non-hydrogen) atoms. The molecule has 1 atom stereocenters. The summed E-state index contributed by atoms with van der Waals surface area (Å²) in [4.78, 5) is 22.5. The van der Waals surface area contributed by atoms with Crippen molar-refractivity contribution in [1.82, 2.24) is 10.2 Å². The second-order valence-electron chi connectivity index (χ2n) is 3.54. The third-order valence-electron chi connectivity index (χ3n) is 2.52. The van der Waals surface area contributed by atoms with Gasteiger partial charge in [0.05, 0.1) is 11.4 Å². The van der Waals surface area contributed by atoms with E-state index in [-0.39, 0.29) is 5.56 Å². The Kier molecular flexibility index (Phi) is 2.44. The molecule has 0 aliphatic carbocycles. The minimum Gasteiger partial charge on any atom is -0.481 e. The van der Waals surface area contributed by atoms with Gasteiger partial charge in [-0.25, -0.2) is 5.10 Å². The highest BCUT2D eigenvalue weighted by Gasteiger charge is 2.20. The molecular formula is C11H10N2O3. The van der Waals surface area contributed by atoms with E-state index in [0.717, 1.165) is 0 Å². The van der Waals surface area contributed by atoms with Crippen molar-refractivity contribution in [2.24, 2.45) is 0 Å². The first-order valence-electron chi connectivity index (χ1n) is 4.81. The van der Waals surface area contributed by atoms with Crippen LogP contribution in [0.2, 0.25) is 0 Å². The van der Waals surface area contributed by atoms with Crippen LogP contribution in [0.4, 0.5) is 0 Å². The number of carboxylic acid groups (broad SMARTS) is 1. The number of carboxylic acids is 1. The number of nitrogens with one attached hydrogen (secondary N) is 1. The number of aliphatic carboxylic acids is 1. The first-order chi connectivity index (χ1) is 7.61. The topological polar surface area (TPSA) is 83.0 Å². The van der Waals surface area contributed by atoms with Crippen molar-refractivity contribution in [3.8, 4) is 0 Å². The highest BCUT2D eigenvalue weighted by molar-refractivity contribution is 5.87. The van der Waals surface area contributed by atoms with E-state index in [9.17, 15) is 9.59 Å². The first kappa shape index (κ1) is 10.4. The Balaban J connectivity index is 2.80. The van der Waals surface area contributed by atoms with E-state index in [4.69, 9.17) is 5.11 Å². The van der Waals surface area contributed by atoms with Gasteiger partial charge in [0.25, 0.3) is 5.56 Å². The van der Waals surface area contributed by atoms with Crippen LogP contribution in [0.5, 0.6) is 0 Å². The molecule has 82 valence electrons. The minimum atomic E-state index is -1.03. The summed E-state index contributed by atoms with van der Waals surface area (Å²) in [5.41, 5.74) is 0.386. The molecule has 0 spiro atoms. The maximum atomic E-state index is 11.6. The zero-order valence-corrected chi connectivity index (χ0v) is 8.60. The second kappa shape index (κ2) is 3.77. The number of para-hydroxylation sites is 1. The Hall–Kier alpha value is -2.17. The van der Waals surface area contributed by atoms with Gasteiger partial charge in [-0.15, -0.1) is 0 Å². The smallest absolute Gasteiger partial charge is 0.310 e. The fourth-order valence-electron chi connectivity index (χ4n) is 1.65. The lowest BCUT2D eigenvalue weighted by molar-refractivity contribution is -0.138. The van der Waals surface area contributed by atoms with Crippen LogP contribution in [0, 0.1) is 0 Å². The third-order valence-corrected chi connectivity index (χ3v) is 2.52. The largest absolute Gasteiger partial charge is 0.481 e. The Morgan fingerprint density at radius 1 is 1.44 bits per heavy atom. The zero-order chi connectivity index (χ0) is 11.7. The Morgan fingerprint density at radius 3 is 2.81 bits per heavy atom. The van der Waals surface area contributed by atoms with Crippen molar-refractivity contribution in [3.63, 3.8) is 0 Å². The van der Waals surface area contributed by atoms with Crippen molar-refractivity contribution in [3.05, 3.63) is 40.2 Å². The number of aromatic amines is 1. The lowest BCUT2D eigenvalue weighted by Gasteiger charge is -2.08. The average Bonchev–Trinajstić information content (AvgIpc) is 2.28. The van der Waals surface area contributed by atoms with Crippen molar-refractivity contribution >= 4 is 16.9 Å². The molecule has 0 amide bonds. The Labute approximate surface area is 90.7 Å². The number of nitrogens with zero attached hydrogens (tertiary/aromatic N) is 1. The van der Waals surface area contributed by atoms with E-state index in [1.54, 1.807) is 24.3 Å². The minimum absolute atomic E-state index is 0.248. The molecule has 5 heteroatoms. The molecule has 2 aromatic rings. The van der Waals surface area contributed by atoms with Gasteiger partial charge >= 0.3 is 5.97 Å². The fourth-order valence-corrected chi connectivity index (χ4v) is 1.65. The summed E-state index contributed by atoms with van der Waals surface area (Å²) in [5, 5.41) is 15.7. The lowest BCUT2D eigenvalue weighted by Crippen LogP contribution is -2.21. The van der Waals surface area contributed by atoms with Crippen molar-refractivity contribution in [1.29, 1.82) is 0 Å². The van der Waals surface area contributed by atoms with Crippen molar-refractivity contribution in [2.45, 2.75) is 12.8 Å². The van der Waals surface area contributed by atoms with Crippen LogP contribution >= 0.6 is 0 Å². The maximum absolute atomic E-state index is 11.6. The van der Waals surface area contributed by atoms with E-state index < -0.39 is 17.4 Å². The van der Waals surface area contributed by atoms with Crippen LogP contribution < -0.4 is 5.56 Å². The van der Waals surface area contributed by atoms with Crippen molar-refractivity contribution in [2.75, 3.05) is 0 Å². The first-order valence-corrected chi connectivity index (χ1v) is 4.81. The molecular weight excluding hydrogens is 208 g/mol. The summed E-state index contributed by atoms with van der Waals surface area (Å²) in [5.74, 6) is -1.88. The number of aromatic nitrogens is 2. The average molecular weight is 218 g/mol. The number of benzene rings is 1. The summed E-state index contributed by atoms with van der Waals surface area (Å²) >= 11 is 0. The van der Waals surface area contributed by atoms with E-state index >= 15 is 0 Å². The van der Waals surface area contributed by atoms with Crippen LogP contribution in [-0.4, -0.2) is 21.3 Å². The van der Waals surface area contributed by atoms with Gasteiger partial charge in [0, 0.05) is 10.9 Å². The SMILES string of the molecule is CC(C(=O)O)c1c(=O)[nH]nc2ccccc12. The van der Waals surface area contributed by atoms with Crippen LogP contribution in [0.25, 0.3) is 10.9 Å². The molecule has 0 aliphatic heterocycles. The molecule has 0 aliphatic rings. The van der Waals surface area contributed by atoms with Gasteiger partial charge in [-0.05, 0) is 13.0 Å². The summed E-state index contributed by atoms with van der Waals surface area (Å²) < 4.78 is 0. The molecule has 1 aromatic heterocycles. The fraction of sp³-hybridized carbons (Fsp3) is 0.182.